The summed E-state index contributed by atoms with van der Waals surface area (Å²) in [5, 5.41) is 0. The summed E-state index contributed by atoms with van der Waals surface area (Å²) in [6.45, 7) is 0. The zero-order valence-corrected chi connectivity index (χ0v) is 9.14. The van der Waals surface area contributed by atoms with Crippen molar-refractivity contribution in [2.24, 2.45) is 11.8 Å². The van der Waals surface area contributed by atoms with E-state index in [1.54, 1.807) is 12.2 Å². The fourth-order valence-corrected chi connectivity index (χ4v) is 1.94. The molecule has 2 atom stereocenters. The van der Waals surface area contributed by atoms with Crippen LogP contribution in [-0.4, -0.2) is 11.9 Å². The molecule has 0 bridgehead atoms. The van der Waals surface area contributed by atoms with Crippen LogP contribution in [0.25, 0.3) is 0 Å². The Hall–Kier alpha value is -2.14. The molecule has 2 unspecified atom stereocenters. The second kappa shape index (κ2) is 5.27. The highest BCUT2D eigenvalue weighted by atomic mass is 16.1. The molecule has 0 saturated carbocycles. The smallest absolute Gasteiger partial charge is 0.129 e. The van der Waals surface area contributed by atoms with E-state index in [0.717, 1.165) is 0 Å². The predicted molar refractivity (Wildman–Crippen MR) is 63.9 cm³/mol. The average molecular weight is 222 g/mol. The molecule has 0 spiro atoms. The van der Waals surface area contributed by atoms with E-state index in [0.29, 0.717) is 17.6 Å². The van der Waals surface area contributed by atoms with Gasteiger partial charge in [-0.2, -0.15) is 0 Å². The van der Waals surface area contributed by atoms with Gasteiger partial charge in [0.25, 0.3) is 0 Å². The van der Waals surface area contributed by atoms with Gasteiger partial charge in [-0.05, 0) is 18.6 Å². The van der Waals surface area contributed by atoms with Crippen molar-refractivity contribution in [1.82, 2.24) is 0 Å². The zero-order valence-electron chi connectivity index (χ0n) is 9.14. The van der Waals surface area contributed by atoms with Crippen molar-refractivity contribution in [3.63, 3.8) is 0 Å². The largest absolute Gasteiger partial charge is 0.233 e. The molecule has 2 aliphatic carbocycles. The molecule has 0 aromatic heterocycles. The lowest BCUT2D eigenvalue weighted by molar-refractivity contribution is 0.547. The SMILES string of the molecule is O=C=C1[C]=CC=CC1CC1C=CC=[C]C1=C=O. The maximum absolute atomic E-state index is 10.8. The first-order chi connectivity index (χ1) is 8.35. The van der Waals surface area contributed by atoms with Gasteiger partial charge in [-0.3, -0.25) is 0 Å². The lowest BCUT2D eigenvalue weighted by Crippen LogP contribution is -2.12. The van der Waals surface area contributed by atoms with Crippen molar-refractivity contribution in [3.05, 3.63) is 59.8 Å². The fraction of sp³-hybridized carbons (Fsp3) is 0.200. The maximum atomic E-state index is 10.8. The van der Waals surface area contributed by atoms with Gasteiger partial charge >= 0.3 is 0 Å². The van der Waals surface area contributed by atoms with Gasteiger partial charge in [-0.25, -0.2) is 9.59 Å². The molecule has 0 saturated heterocycles. The lowest BCUT2D eigenvalue weighted by atomic mass is 9.82. The van der Waals surface area contributed by atoms with Crippen LogP contribution in [0.2, 0.25) is 0 Å². The third-order valence-corrected chi connectivity index (χ3v) is 2.83. The Morgan fingerprint density at radius 3 is 1.82 bits per heavy atom. The van der Waals surface area contributed by atoms with E-state index in [2.05, 4.69) is 12.2 Å². The normalized spacial score (nSPS) is 25.9. The van der Waals surface area contributed by atoms with E-state index in [4.69, 9.17) is 0 Å². The molecule has 0 aromatic rings. The highest BCUT2D eigenvalue weighted by Gasteiger charge is 2.21. The molecular formula is C15H10O2. The summed E-state index contributed by atoms with van der Waals surface area (Å²) < 4.78 is 0. The molecule has 0 heterocycles. The molecule has 0 N–H and O–H groups in total. The van der Waals surface area contributed by atoms with Gasteiger partial charge in [-0.1, -0.05) is 36.5 Å². The first kappa shape index (κ1) is 11.3. The van der Waals surface area contributed by atoms with Crippen LogP contribution in [0, 0.1) is 24.0 Å². The Bertz CT molecular complexity index is 471. The highest BCUT2D eigenvalue weighted by molar-refractivity contribution is 5.60. The Morgan fingerprint density at radius 2 is 1.41 bits per heavy atom. The summed E-state index contributed by atoms with van der Waals surface area (Å²) in [6.07, 6.45) is 17.3. The zero-order chi connectivity index (χ0) is 12.1. The van der Waals surface area contributed by atoms with Crippen LogP contribution in [0.5, 0.6) is 0 Å². The van der Waals surface area contributed by atoms with E-state index >= 15 is 0 Å². The molecule has 2 nitrogen and oxygen atoms in total. The minimum atomic E-state index is -0.0459. The van der Waals surface area contributed by atoms with Gasteiger partial charge in [0.2, 0.25) is 0 Å². The second-order valence-electron chi connectivity index (χ2n) is 3.87. The molecule has 0 aromatic carbocycles. The van der Waals surface area contributed by atoms with Crippen molar-refractivity contribution < 1.29 is 9.59 Å². The minimum Gasteiger partial charge on any atom is -0.233 e. The molecule has 0 aliphatic heterocycles. The second-order valence-corrected chi connectivity index (χ2v) is 3.87. The van der Waals surface area contributed by atoms with Gasteiger partial charge in [0.15, 0.2) is 0 Å². The summed E-state index contributed by atoms with van der Waals surface area (Å²) in [4.78, 5) is 21.5. The van der Waals surface area contributed by atoms with Gasteiger partial charge in [0, 0.05) is 11.8 Å². The van der Waals surface area contributed by atoms with Crippen LogP contribution in [0.1, 0.15) is 6.42 Å². The molecule has 2 heteroatoms. The Morgan fingerprint density at radius 1 is 0.941 bits per heavy atom. The Balaban J connectivity index is 2.16. The van der Waals surface area contributed by atoms with Gasteiger partial charge < -0.3 is 0 Å². The van der Waals surface area contributed by atoms with Crippen LogP contribution in [0.4, 0.5) is 0 Å². The molecule has 82 valence electrons. The third kappa shape index (κ3) is 2.51. The van der Waals surface area contributed by atoms with Crippen molar-refractivity contribution >= 4 is 11.9 Å². The Kier molecular flexibility index (Phi) is 3.52. The number of carbonyl (C=O) groups excluding carboxylic acids is 2. The number of allylic oxidation sites excluding steroid dienone is 10. The van der Waals surface area contributed by atoms with Crippen LogP contribution >= 0.6 is 0 Å². The predicted octanol–water partition coefficient (Wildman–Crippen LogP) is 1.98. The molecule has 0 amide bonds. The summed E-state index contributed by atoms with van der Waals surface area (Å²) in [5.74, 6) is 3.69. The van der Waals surface area contributed by atoms with E-state index in [1.165, 1.54) is 0 Å². The quantitative estimate of drug-likeness (QED) is 0.669. The summed E-state index contributed by atoms with van der Waals surface area (Å²) in [7, 11) is 0. The van der Waals surface area contributed by atoms with Crippen LogP contribution in [-0.2, 0) is 9.59 Å². The number of hydrogen-bond acceptors (Lipinski definition) is 2. The van der Waals surface area contributed by atoms with Crippen LogP contribution < -0.4 is 0 Å². The standard InChI is InChI=1S/C15H10O2/c16-10-14-7-3-1-5-12(14)9-13-6-2-4-8-15(13)11-17/h1-6,12-13H,9H2. The molecule has 2 rings (SSSR count). The topological polar surface area (TPSA) is 34.1 Å². The summed E-state index contributed by atoms with van der Waals surface area (Å²) in [5.41, 5.74) is 1.00. The fourth-order valence-electron chi connectivity index (χ4n) is 1.94. The maximum Gasteiger partial charge on any atom is 0.129 e. The van der Waals surface area contributed by atoms with Crippen molar-refractivity contribution in [2.45, 2.75) is 6.42 Å². The van der Waals surface area contributed by atoms with Crippen molar-refractivity contribution in [1.29, 1.82) is 0 Å². The van der Waals surface area contributed by atoms with Crippen molar-refractivity contribution in [2.75, 3.05) is 0 Å². The van der Waals surface area contributed by atoms with Gasteiger partial charge in [0.05, 0.1) is 11.1 Å². The molecular weight excluding hydrogens is 212 g/mol. The van der Waals surface area contributed by atoms with E-state index in [-0.39, 0.29) is 11.8 Å². The first-order valence-corrected chi connectivity index (χ1v) is 5.38. The first-order valence-electron chi connectivity index (χ1n) is 5.38. The molecule has 2 aliphatic rings. The molecule has 0 fully saturated rings. The van der Waals surface area contributed by atoms with Crippen LogP contribution in [0.15, 0.2) is 47.6 Å². The number of rotatable bonds is 2. The van der Waals surface area contributed by atoms with E-state index in [1.807, 2.05) is 36.2 Å². The van der Waals surface area contributed by atoms with E-state index in [9.17, 15) is 9.59 Å². The van der Waals surface area contributed by atoms with Gasteiger partial charge in [-0.15, -0.1) is 0 Å². The minimum absolute atomic E-state index is 0.0459. The van der Waals surface area contributed by atoms with E-state index < -0.39 is 0 Å². The summed E-state index contributed by atoms with van der Waals surface area (Å²) >= 11 is 0. The third-order valence-electron chi connectivity index (χ3n) is 2.83. The molecule has 2 radical (unpaired) electrons. The Labute approximate surface area is 100 Å². The highest BCUT2D eigenvalue weighted by Crippen LogP contribution is 2.29. The summed E-state index contributed by atoms with van der Waals surface area (Å²) in [6, 6.07) is 0. The lowest BCUT2D eigenvalue weighted by Gasteiger charge is -2.20. The molecule has 17 heavy (non-hydrogen) atoms. The monoisotopic (exact) mass is 222 g/mol. The van der Waals surface area contributed by atoms with Crippen LogP contribution in [0.3, 0.4) is 0 Å². The van der Waals surface area contributed by atoms with Gasteiger partial charge in [0.1, 0.15) is 11.9 Å². The number of hydrogen-bond donors (Lipinski definition) is 0. The van der Waals surface area contributed by atoms with Crippen molar-refractivity contribution in [3.8, 4) is 0 Å². The average Bonchev–Trinajstić information content (AvgIpc) is 2.40.